The van der Waals surface area contributed by atoms with E-state index in [0.29, 0.717) is 6.54 Å². The average Bonchev–Trinajstić information content (AvgIpc) is 3.32. The van der Waals surface area contributed by atoms with Gasteiger partial charge in [-0.05, 0) is 66.1 Å². The van der Waals surface area contributed by atoms with Crippen LogP contribution in [0.3, 0.4) is 0 Å². The lowest BCUT2D eigenvalue weighted by Gasteiger charge is -2.34. The number of amides is 1. The van der Waals surface area contributed by atoms with E-state index in [1.807, 2.05) is 48.7 Å². The van der Waals surface area contributed by atoms with Gasteiger partial charge in [0.2, 0.25) is 15.9 Å². The average molecular weight is 541 g/mol. The SMILES string of the molecule is Cc1ccsc1CN(Cc1ccc(F)cc1)C(=O)CN(C1CCCCC1)S(=O)(=O)/C=C/c1ccccc1. The molecule has 0 N–H and O–H groups in total. The molecule has 8 heteroatoms. The molecule has 1 aromatic heterocycles. The van der Waals surface area contributed by atoms with E-state index >= 15 is 0 Å². The third kappa shape index (κ3) is 7.60. The number of sulfonamides is 1. The predicted molar refractivity (Wildman–Crippen MR) is 148 cm³/mol. The Labute approximate surface area is 223 Å². The van der Waals surface area contributed by atoms with Gasteiger partial charge in [-0.3, -0.25) is 4.79 Å². The highest BCUT2D eigenvalue weighted by Gasteiger charge is 2.33. The first-order valence-electron chi connectivity index (χ1n) is 12.6. The largest absolute Gasteiger partial charge is 0.332 e. The molecule has 0 spiro atoms. The summed E-state index contributed by atoms with van der Waals surface area (Å²) in [6, 6.07) is 17.2. The fourth-order valence-corrected chi connectivity index (χ4v) is 6.94. The lowest BCUT2D eigenvalue weighted by Crippen LogP contribution is -2.47. The second-order valence-corrected chi connectivity index (χ2v) is 12.3. The van der Waals surface area contributed by atoms with Crippen molar-refractivity contribution in [2.45, 2.75) is 58.2 Å². The summed E-state index contributed by atoms with van der Waals surface area (Å²) in [7, 11) is -3.84. The number of rotatable bonds is 10. The summed E-state index contributed by atoms with van der Waals surface area (Å²) < 4.78 is 42.0. The Bertz CT molecular complexity index is 1300. The Balaban J connectivity index is 1.60. The van der Waals surface area contributed by atoms with Gasteiger partial charge in [0.15, 0.2) is 0 Å². The standard InChI is InChI=1S/C29H33FN2O3S2/c1-23-16-18-36-28(23)21-31(20-25-12-14-26(30)15-13-25)29(33)22-32(27-10-6-3-7-11-27)37(34,35)19-17-24-8-4-2-5-9-24/h2,4-5,8-9,12-19,27H,3,6-7,10-11,20-22H2,1H3/b19-17+. The van der Waals surface area contributed by atoms with Crippen LogP contribution in [0, 0.1) is 12.7 Å². The fourth-order valence-electron chi connectivity index (χ4n) is 4.62. The van der Waals surface area contributed by atoms with Gasteiger partial charge in [-0.15, -0.1) is 11.3 Å². The molecule has 5 nitrogen and oxygen atoms in total. The Morgan fingerprint density at radius 2 is 1.70 bits per heavy atom. The maximum Gasteiger partial charge on any atom is 0.238 e. The van der Waals surface area contributed by atoms with Gasteiger partial charge < -0.3 is 4.90 Å². The van der Waals surface area contributed by atoms with Crippen molar-refractivity contribution < 1.29 is 17.6 Å². The van der Waals surface area contributed by atoms with Gasteiger partial charge in [0.05, 0.1) is 13.1 Å². The highest BCUT2D eigenvalue weighted by Crippen LogP contribution is 2.27. The van der Waals surface area contributed by atoms with E-state index in [0.717, 1.165) is 53.7 Å². The Morgan fingerprint density at radius 1 is 1.00 bits per heavy atom. The lowest BCUT2D eigenvalue weighted by molar-refractivity contribution is -0.133. The smallest absolute Gasteiger partial charge is 0.238 e. The Kier molecular flexibility index (Phi) is 9.29. The van der Waals surface area contributed by atoms with Crippen LogP contribution in [0.15, 0.2) is 71.5 Å². The van der Waals surface area contributed by atoms with Crippen LogP contribution in [0.2, 0.25) is 0 Å². The van der Waals surface area contributed by atoms with Gasteiger partial charge in [0.1, 0.15) is 5.82 Å². The lowest BCUT2D eigenvalue weighted by atomic mass is 9.95. The van der Waals surface area contributed by atoms with Gasteiger partial charge >= 0.3 is 0 Å². The summed E-state index contributed by atoms with van der Waals surface area (Å²) in [6.07, 6.45) is 6.04. The minimum absolute atomic E-state index is 0.209. The van der Waals surface area contributed by atoms with Crippen LogP contribution in [0.5, 0.6) is 0 Å². The number of halogens is 1. The fraction of sp³-hybridized carbons (Fsp3) is 0.345. The van der Waals surface area contributed by atoms with Crippen LogP contribution in [0.4, 0.5) is 4.39 Å². The topological polar surface area (TPSA) is 57.7 Å². The normalized spacial score (nSPS) is 14.9. The summed E-state index contributed by atoms with van der Waals surface area (Å²) in [6.45, 7) is 2.42. The summed E-state index contributed by atoms with van der Waals surface area (Å²) >= 11 is 1.57. The molecule has 1 aliphatic rings. The molecule has 4 rings (SSSR count). The van der Waals surface area contributed by atoms with E-state index in [4.69, 9.17) is 0 Å². The molecule has 1 aliphatic carbocycles. The van der Waals surface area contributed by atoms with Gasteiger partial charge in [-0.2, -0.15) is 4.31 Å². The molecule has 37 heavy (non-hydrogen) atoms. The molecule has 3 aromatic rings. The molecule has 0 unspecified atom stereocenters. The maximum absolute atomic E-state index is 13.8. The van der Waals surface area contributed by atoms with Crippen LogP contribution in [-0.2, 0) is 27.9 Å². The number of hydrogen-bond donors (Lipinski definition) is 0. The van der Waals surface area contributed by atoms with Crippen molar-refractivity contribution in [1.29, 1.82) is 0 Å². The minimum atomic E-state index is -3.84. The van der Waals surface area contributed by atoms with E-state index in [1.54, 1.807) is 34.4 Å². The molecule has 1 amide bonds. The van der Waals surface area contributed by atoms with Crippen LogP contribution in [0.25, 0.3) is 6.08 Å². The first kappa shape index (κ1) is 27.2. The van der Waals surface area contributed by atoms with E-state index in [9.17, 15) is 17.6 Å². The molecule has 196 valence electrons. The third-order valence-electron chi connectivity index (χ3n) is 6.77. The zero-order valence-corrected chi connectivity index (χ0v) is 22.7. The molecule has 0 atom stereocenters. The summed E-state index contributed by atoms with van der Waals surface area (Å²) in [5, 5.41) is 3.20. The molecule has 0 saturated heterocycles. The van der Waals surface area contributed by atoms with Crippen molar-refractivity contribution in [3.05, 3.63) is 98.8 Å². The van der Waals surface area contributed by atoms with Crippen molar-refractivity contribution in [1.82, 2.24) is 9.21 Å². The highest BCUT2D eigenvalue weighted by molar-refractivity contribution is 7.92. The van der Waals surface area contributed by atoms with Gasteiger partial charge in [-0.25, -0.2) is 12.8 Å². The van der Waals surface area contributed by atoms with Crippen molar-refractivity contribution in [2.75, 3.05) is 6.54 Å². The molecule has 0 aliphatic heterocycles. The number of aryl methyl sites for hydroxylation is 1. The second kappa shape index (κ2) is 12.6. The van der Waals surface area contributed by atoms with Gasteiger partial charge in [0, 0.05) is 22.9 Å². The maximum atomic E-state index is 13.8. The minimum Gasteiger partial charge on any atom is -0.332 e. The number of thiophene rings is 1. The number of benzene rings is 2. The van der Waals surface area contributed by atoms with Crippen molar-refractivity contribution in [3.8, 4) is 0 Å². The van der Waals surface area contributed by atoms with Crippen molar-refractivity contribution in [2.24, 2.45) is 0 Å². The Morgan fingerprint density at radius 3 is 2.35 bits per heavy atom. The van der Waals surface area contributed by atoms with E-state index in [2.05, 4.69) is 0 Å². The zero-order valence-electron chi connectivity index (χ0n) is 21.1. The van der Waals surface area contributed by atoms with Crippen LogP contribution in [0.1, 0.15) is 53.7 Å². The molecule has 1 saturated carbocycles. The second-order valence-electron chi connectivity index (χ2n) is 9.50. The van der Waals surface area contributed by atoms with Crippen molar-refractivity contribution in [3.63, 3.8) is 0 Å². The molecule has 1 fully saturated rings. The quantitative estimate of drug-likeness (QED) is 0.301. The third-order valence-corrected chi connectivity index (χ3v) is 9.34. The van der Waals surface area contributed by atoms with E-state index < -0.39 is 10.0 Å². The van der Waals surface area contributed by atoms with Crippen LogP contribution in [-0.4, -0.2) is 36.1 Å². The number of carbonyl (C=O) groups is 1. The summed E-state index contributed by atoms with van der Waals surface area (Å²) in [5.74, 6) is -0.602. The summed E-state index contributed by atoms with van der Waals surface area (Å²) in [4.78, 5) is 16.5. The molecule has 0 radical (unpaired) electrons. The first-order chi connectivity index (χ1) is 17.8. The van der Waals surface area contributed by atoms with Crippen LogP contribution < -0.4 is 0 Å². The first-order valence-corrected chi connectivity index (χ1v) is 15.0. The monoisotopic (exact) mass is 540 g/mol. The molecular formula is C29H33FN2O3S2. The van der Waals surface area contributed by atoms with E-state index in [1.165, 1.54) is 21.8 Å². The molecule has 0 bridgehead atoms. The molecule has 1 heterocycles. The molecule has 2 aromatic carbocycles. The number of carbonyl (C=O) groups excluding carboxylic acids is 1. The highest BCUT2D eigenvalue weighted by atomic mass is 32.2. The van der Waals surface area contributed by atoms with Crippen LogP contribution >= 0.6 is 11.3 Å². The predicted octanol–water partition coefficient (Wildman–Crippen LogP) is 6.36. The number of hydrogen-bond acceptors (Lipinski definition) is 4. The van der Waals surface area contributed by atoms with Crippen molar-refractivity contribution >= 4 is 33.3 Å². The number of nitrogens with zero attached hydrogens (tertiary/aromatic N) is 2. The van der Waals surface area contributed by atoms with Gasteiger partial charge in [0.25, 0.3) is 0 Å². The molecular weight excluding hydrogens is 507 g/mol. The Hall–Kier alpha value is -2.81. The van der Waals surface area contributed by atoms with Gasteiger partial charge in [-0.1, -0.05) is 61.7 Å². The summed E-state index contributed by atoms with van der Waals surface area (Å²) in [5.41, 5.74) is 2.66. The van der Waals surface area contributed by atoms with E-state index in [-0.39, 0.29) is 30.9 Å². The zero-order chi connectivity index (χ0) is 26.3.